The zero-order chi connectivity index (χ0) is 29.2. The third-order valence-electron chi connectivity index (χ3n) is 9.28. The lowest BCUT2D eigenvalue weighted by molar-refractivity contribution is 0.0948. The number of carbonyl (C=O) groups is 1. The van der Waals surface area contributed by atoms with Crippen LogP contribution in [0.1, 0.15) is 59.4 Å². The van der Waals surface area contributed by atoms with Crippen LogP contribution in [-0.4, -0.2) is 45.5 Å². The Bertz CT molecular complexity index is 1770. The Labute approximate surface area is 252 Å². The number of aryl methyl sites for hydroxylation is 1. The van der Waals surface area contributed by atoms with Gasteiger partial charge in [0.05, 0.1) is 22.3 Å². The van der Waals surface area contributed by atoms with E-state index in [-0.39, 0.29) is 11.7 Å². The number of carbonyl (C=O) groups excluding carboxylic acids is 1. The maximum atomic E-state index is 13.5. The fourth-order valence-electron chi connectivity index (χ4n) is 6.92. The molecule has 0 saturated carbocycles. The van der Waals surface area contributed by atoms with Gasteiger partial charge in [-0.2, -0.15) is 0 Å². The summed E-state index contributed by atoms with van der Waals surface area (Å²) in [5, 5.41) is 15.1. The summed E-state index contributed by atoms with van der Waals surface area (Å²) < 4.78 is 0. The van der Waals surface area contributed by atoms with Gasteiger partial charge in [0.25, 0.3) is 5.91 Å². The minimum atomic E-state index is 0.0586. The third-order valence-corrected chi connectivity index (χ3v) is 9.28. The van der Waals surface area contributed by atoms with E-state index in [1.165, 1.54) is 0 Å². The molecule has 2 N–H and O–H groups in total. The molecule has 1 saturated heterocycles. The molecular formula is C37H38N4O2. The van der Waals surface area contributed by atoms with Crippen LogP contribution in [0.25, 0.3) is 32.9 Å². The topological polar surface area (TPSA) is 78.4 Å². The highest BCUT2D eigenvalue weighted by molar-refractivity contribution is 6.07. The van der Waals surface area contributed by atoms with E-state index in [1.54, 1.807) is 12.1 Å². The Balaban J connectivity index is 0.956. The minimum Gasteiger partial charge on any atom is -0.508 e. The van der Waals surface area contributed by atoms with Gasteiger partial charge in [0.2, 0.25) is 0 Å². The summed E-state index contributed by atoms with van der Waals surface area (Å²) in [6, 6.07) is 26.0. The van der Waals surface area contributed by atoms with Crippen LogP contribution in [-0.2, 0) is 19.4 Å². The molecule has 7 rings (SSSR count). The molecule has 0 bridgehead atoms. The monoisotopic (exact) mass is 570 g/mol. The zero-order valence-electron chi connectivity index (χ0n) is 24.6. The van der Waals surface area contributed by atoms with E-state index in [4.69, 9.17) is 9.97 Å². The second-order valence-corrected chi connectivity index (χ2v) is 12.1. The summed E-state index contributed by atoms with van der Waals surface area (Å²) >= 11 is 0. The number of phenols is 1. The molecule has 1 amide bonds. The van der Waals surface area contributed by atoms with E-state index in [0.717, 1.165) is 120 Å². The van der Waals surface area contributed by atoms with Crippen LogP contribution in [0.3, 0.4) is 0 Å². The van der Waals surface area contributed by atoms with Crippen LogP contribution >= 0.6 is 0 Å². The highest BCUT2D eigenvalue weighted by atomic mass is 16.3. The molecule has 1 aliphatic carbocycles. The summed E-state index contributed by atoms with van der Waals surface area (Å²) in [5.41, 5.74) is 8.27. The first kappa shape index (κ1) is 27.5. The molecule has 0 spiro atoms. The highest BCUT2D eigenvalue weighted by Gasteiger charge is 2.24. The Hall–Kier alpha value is -4.29. The van der Waals surface area contributed by atoms with E-state index < -0.39 is 0 Å². The third kappa shape index (κ3) is 5.84. The minimum absolute atomic E-state index is 0.0586. The molecule has 1 fully saturated rings. The lowest BCUT2D eigenvalue weighted by Crippen LogP contribution is -2.35. The van der Waals surface area contributed by atoms with Gasteiger partial charge in [-0.05, 0) is 99.3 Å². The predicted octanol–water partition coefficient (Wildman–Crippen LogP) is 7.07. The summed E-state index contributed by atoms with van der Waals surface area (Å²) in [6.45, 7) is 3.63. The molecule has 0 unspecified atom stereocenters. The molecule has 1 aliphatic heterocycles. The number of piperidine rings is 1. The number of phenolic OH excluding ortho intramolecular Hbond substituents is 1. The quantitative estimate of drug-likeness (QED) is 0.219. The summed E-state index contributed by atoms with van der Waals surface area (Å²) in [5.74, 6) is 0.942. The van der Waals surface area contributed by atoms with Crippen molar-refractivity contribution in [3.05, 3.63) is 101 Å². The largest absolute Gasteiger partial charge is 0.508 e. The first-order valence-electron chi connectivity index (χ1n) is 15.7. The number of aromatic hydroxyl groups is 1. The predicted molar refractivity (Wildman–Crippen MR) is 172 cm³/mol. The van der Waals surface area contributed by atoms with E-state index in [2.05, 4.69) is 40.5 Å². The number of pyridine rings is 2. The highest BCUT2D eigenvalue weighted by Crippen LogP contribution is 2.31. The van der Waals surface area contributed by atoms with Gasteiger partial charge in [-0.15, -0.1) is 0 Å². The number of amides is 1. The van der Waals surface area contributed by atoms with Crippen LogP contribution in [0.15, 0.2) is 78.9 Å². The van der Waals surface area contributed by atoms with Crippen LogP contribution < -0.4 is 5.32 Å². The number of benzene rings is 3. The maximum absolute atomic E-state index is 13.5. The van der Waals surface area contributed by atoms with Crippen molar-refractivity contribution in [2.24, 2.45) is 5.92 Å². The van der Waals surface area contributed by atoms with Gasteiger partial charge in [0.1, 0.15) is 5.75 Å². The molecule has 6 nitrogen and oxygen atoms in total. The lowest BCUT2D eigenvalue weighted by Gasteiger charge is -2.31. The number of aromatic nitrogens is 2. The van der Waals surface area contributed by atoms with E-state index in [1.807, 2.05) is 36.4 Å². The Morgan fingerprint density at radius 2 is 1.70 bits per heavy atom. The Morgan fingerprint density at radius 3 is 2.56 bits per heavy atom. The van der Waals surface area contributed by atoms with Crippen molar-refractivity contribution in [3.8, 4) is 16.9 Å². The van der Waals surface area contributed by atoms with Crippen LogP contribution in [0.5, 0.6) is 5.75 Å². The van der Waals surface area contributed by atoms with Crippen LogP contribution in [0.4, 0.5) is 0 Å². The average Bonchev–Trinajstić information content (AvgIpc) is 3.04. The molecule has 3 aromatic carbocycles. The van der Waals surface area contributed by atoms with Crippen molar-refractivity contribution >= 4 is 27.7 Å². The number of hydrogen-bond donors (Lipinski definition) is 2. The second-order valence-electron chi connectivity index (χ2n) is 12.1. The van der Waals surface area contributed by atoms with Crippen molar-refractivity contribution in [3.63, 3.8) is 0 Å². The van der Waals surface area contributed by atoms with Gasteiger partial charge in [-0.25, -0.2) is 0 Å². The van der Waals surface area contributed by atoms with Gasteiger partial charge in [0, 0.05) is 35.1 Å². The average molecular weight is 571 g/mol. The van der Waals surface area contributed by atoms with Gasteiger partial charge in [0.15, 0.2) is 0 Å². The zero-order valence-corrected chi connectivity index (χ0v) is 24.6. The van der Waals surface area contributed by atoms with E-state index >= 15 is 0 Å². The van der Waals surface area contributed by atoms with Gasteiger partial charge >= 0.3 is 0 Å². The van der Waals surface area contributed by atoms with Crippen LogP contribution in [0, 0.1) is 5.92 Å². The molecule has 0 atom stereocenters. The second kappa shape index (κ2) is 12.1. The summed E-state index contributed by atoms with van der Waals surface area (Å²) in [4.78, 5) is 26.0. The lowest BCUT2D eigenvalue weighted by atomic mass is 9.89. The fraction of sp³-hybridized carbons (Fsp3) is 0.324. The SMILES string of the molecule is O=C(NCCC1CCN(Cc2ccc3cccc(-c4ccc(O)cc4)c3n2)CC1)c1c2c(nc3ccccc13)CCCC2. The molecule has 2 aliphatic rings. The molecule has 5 aromatic rings. The van der Waals surface area contributed by atoms with Crippen molar-refractivity contribution in [2.45, 2.75) is 51.5 Å². The van der Waals surface area contributed by atoms with Gasteiger partial charge in [-0.3, -0.25) is 19.7 Å². The number of nitrogens with one attached hydrogen (secondary N) is 1. The van der Waals surface area contributed by atoms with Crippen LogP contribution in [0.2, 0.25) is 0 Å². The number of para-hydroxylation sites is 2. The summed E-state index contributed by atoms with van der Waals surface area (Å²) in [7, 11) is 0. The maximum Gasteiger partial charge on any atom is 0.252 e. The van der Waals surface area contributed by atoms with E-state index in [9.17, 15) is 9.90 Å². The van der Waals surface area contributed by atoms with Crippen molar-refractivity contribution < 1.29 is 9.90 Å². The molecule has 43 heavy (non-hydrogen) atoms. The normalized spacial score (nSPS) is 15.9. The number of hydrogen-bond acceptors (Lipinski definition) is 5. The number of likely N-dealkylation sites (tertiary alicyclic amines) is 1. The molecule has 6 heteroatoms. The molecule has 0 radical (unpaired) electrons. The van der Waals surface area contributed by atoms with Gasteiger partial charge < -0.3 is 10.4 Å². The smallest absolute Gasteiger partial charge is 0.252 e. The number of rotatable bonds is 7. The van der Waals surface area contributed by atoms with Crippen molar-refractivity contribution in [2.75, 3.05) is 19.6 Å². The molecular weight excluding hydrogens is 532 g/mol. The number of nitrogens with zero attached hydrogens (tertiary/aromatic N) is 3. The van der Waals surface area contributed by atoms with Crippen molar-refractivity contribution in [1.29, 1.82) is 0 Å². The molecule has 3 heterocycles. The molecule has 218 valence electrons. The number of fused-ring (bicyclic) bond motifs is 3. The fourth-order valence-corrected chi connectivity index (χ4v) is 6.92. The Morgan fingerprint density at radius 1 is 0.884 bits per heavy atom. The molecule has 2 aromatic heterocycles. The van der Waals surface area contributed by atoms with Crippen molar-refractivity contribution in [1.82, 2.24) is 20.2 Å². The van der Waals surface area contributed by atoms with Gasteiger partial charge in [-0.1, -0.05) is 54.6 Å². The Kier molecular flexibility index (Phi) is 7.77. The van der Waals surface area contributed by atoms with E-state index in [0.29, 0.717) is 12.5 Å². The summed E-state index contributed by atoms with van der Waals surface area (Å²) in [6.07, 6.45) is 7.46. The first-order chi connectivity index (χ1) is 21.1. The standard InChI is InChI=1S/C37H38N4O2/c42-29-16-13-26(14-17-29)30-9-5-6-27-12-15-28(39-36(27)30)24-41-22-19-25(20-23-41)18-21-38-37(43)35-31-7-1-3-10-33(31)40-34-11-4-2-8-32(34)35/h1,3,5-7,9-10,12-17,25,42H,2,4,8,11,18-24H2,(H,38,43). The first-order valence-corrected chi connectivity index (χ1v) is 15.7.